The second-order valence-corrected chi connectivity index (χ2v) is 10.1. The Morgan fingerprint density at radius 3 is 2.32 bits per heavy atom. The van der Waals surface area contributed by atoms with E-state index in [4.69, 9.17) is 33.0 Å². The quantitative estimate of drug-likeness (QED) is 0.274. The monoisotopic (exact) mass is 534 g/mol. The lowest BCUT2D eigenvalue weighted by molar-refractivity contribution is 0.0917. The van der Waals surface area contributed by atoms with Crippen LogP contribution in [0.4, 0.5) is 0 Å². The maximum atomic E-state index is 13.5. The van der Waals surface area contributed by atoms with Crippen molar-refractivity contribution in [3.8, 4) is 28.1 Å². The summed E-state index contributed by atoms with van der Waals surface area (Å²) in [6.07, 6.45) is 8.98. The minimum Gasteiger partial charge on any atom is -0.380 e. The SMILES string of the molecule is COCc1c(C(=O)NC2CCCCC2)nn(-c2ccc(Cl)cc2Cl)c1-c1ccc(-c2ccncc2)cc1. The molecule has 1 N–H and O–H groups in total. The number of carbonyl (C=O) groups excluding carboxylic acids is 1. The third-order valence-electron chi connectivity index (χ3n) is 6.74. The molecule has 8 heteroatoms. The normalized spacial score (nSPS) is 14.0. The Morgan fingerprint density at radius 1 is 0.973 bits per heavy atom. The summed E-state index contributed by atoms with van der Waals surface area (Å²) < 4.78 is 7.29. The third-order valence-corrected chi connectivity index (χ3v) is 7.28. The van der Waals surface area contributed by atoms with Gasteiger partial charge in [-0.1, -0.05) is 66.7 Å². The molecule has 2 aromatic carbocycles. The van der Waals surface area contributed by atoms with Gasteiger partial charge in [-0.25, -0.2) is 4.68 Å². The first kappa shape index (κ1) is 25.5. The van der Waals surface area contributed by atoms with Crippen molar-refractivity contribution in [1.82, 2.24) is 20.1 Å². The van der Waals surface area contributed by atoms with Gasteiger partial charge in [0.1, 0.15) is 0 Å². The van der Waals surface area contributed by atoms with Gasteiger partial charge in [0.2, 0.25) is 0 Å². The summed E-state index contributed by atoms with van der Waals surface area (Å²) in [5, 5.41) is 8.96. The van der Waals surface area contributed by atoms with E-state index in [1.807, 2.05) is 42.5 Å². The molecule has 4 aromatic rings. The topological polar surface area (TPSA) is 69.0 Å². The van der Waals surface area contributed by atoms with Crippen LogP contribution in [-0.4, -0.2) is 33.8 Å². The predicted octanol–water partition coefficient (Wildman–Crippen LogP) is 7.12. The summed E-state index contributed by atoms with van der Waals surface area (Å²) in [4.78, 5) is 17.6. The van der Waals surface area contributed by atoms with Crippen LogP contribution in [0.25, 0.3) is 28.1 Å². The van der Waals surface area contributed by atoms with Crippen molar-refractivity contribution in [3.63, 3.8) is 0 Å². The molecular formula is C29H28Cl2N4O2. The summed E-state index contributed by atoms with van der Waals surface area (Å²) in [6, 6.07) is 17.5. The number of aromatic nitrogens is 3. The van der Waals surface area contributed by atoms with Crippen LogP contribution < -0.4 is 5.32 Å². The Morgan fingerprint density at radius 2 is 1.65 bits per heavy atom. The maximum Gasteiger partial charge on any atom is 0.272 e. The lowest BCUT2D eigenvalue weighted by atomic mass is 9.95. The number of methoxy groups -OCH3 is 1. The van der Waals surface area contributed by atoms with Crippen LogP contribution in [0.15, 0.2) is 67.0 Å². The molecule has 1 amide bonds. The minimum atomic E-state index is -0.197. The highest BCUT2D eigenvalue weighted by molar-refractivity contribution is 6.35. The van der Waals surface area contributed by atoms with Gasteiger partial charge in [0.05, 0.1) is 23.0 Å². The van der Waals surface area contributed by atoms with E-state index in [-0.39, 0.29) is 18.6 Å². The summed E-state index contributed by atoms with van der Waals surface area (Å²) in [6.45, 7) is 0.222. The minimum absolute atomic E-state index is 0.156. The number of halogens is 2. The standard InChI is InChI=1S/C29H28Cl2N4O2/c1-37-18-24-27(29(36)33-23-5-3-2-4-6-23)34-35(26-12-11-22(30)17-25(26)31)28(24)21-9-7-19(8-10-21)20-13-15-32-16-14-20/h7-17,23H,2-6,18H2,1H3,(H,33,36). The molecule has 0 atom stereocenters. The summed E-state index contributed by atoms with van der Waals surface area (Å²) in [5.41, 5.74) is 5.45. The fourth-order valence-corrected chi connectivity index (χ4v) is 5.39. The highest BCUT2D eigenvalue weighted by Crippen LogP contribution is 2.35. The fraction of sp³-hybridized carbons (Fsp3) is 0.276. The Balaban J connectivity index is 1.62. The van der Waals surface area contributed by atoms with Gasteiger partial charge in [0.15, 0.2) is 5.69 Å². The number of carbonyl (C=O) groups is 1. The summed E-state index contributed by atoms with van der Waals surface area (Å²) >= 11 is 12.8. The average molecular weight is 535 g/mol. The third kappa shape index (κ3) is 5.57. The molecule has 0 bridgehead atoms. The van der Waals surface area contributed by atoms with Crippen LogP contribution in [0.3, 0.4) is 0 Å². The first-order chi connectivity index (χ1) is 18.0. The van der Waals surface area contributed by atoms with Crippen molar-refractivity contribution in [3.05, 3.63) is 88.3 Å². The zero-order chi connectivity index (χ0) is 25.8. The molecule has 0 aliphatic heterocycles. The Kier molecular flexibility index (Phi) is 7.89. The number of ether oxygens (including phenoxy) is 1. The Hall–Kier alpha value is -3.19. The van der Waals surface area contributed by atoms with Gasteiger partial charge in [-0.05, 0) is 54.3 Å². The molecule has 1 saturated carbocycles. The van der Waals surface area contributed by atoms with Gasteiger partial charge < -0.3 is 10.1 Å². The average Bonchev–Trinajstić information content (AvgIpc) is 3.29. The molecular weight excluding hydrogens is 507 g/mol. The largest absolute Gasteiger partial charge is 0.380 e. The lowest BCUT2D eigenvalue weighted by Crippen LogP contribution is -2.36. The molecule has 0 saturated heterocycles. The van der Waals surface area contributed by atoms with Gasteiger partial charge in [-0.2, -0.15) is 5.10 Å². The smallest absolute Gasteiger partial charge is 0.272 e. The number of amides is 1. The zero-order valence-corrected chi connectivity index (χ0v) is 22.1. The van der Waals surface area contributed by atoms with Gasteiger partial charge >= 0.3 is 0 Å². The molecule has 1 aliphatic rings. The number of nitrogens with one attached hydrogen (secondary N) is 1. The molecule has 2 heterocycles. The van der Waals surface area contributed by atoms with Crippen LogP contribution in [0.5, 0.6) is 0 Å². The highest BCUT2D eigenvalue weighted by atomic mass is 35.5. The van der Waals surface area contributed by atoms with Gasteiger partial charge in [0, 0.05) is 41.7 Å². The number of benzene rings is 2. The van der Waals surface area contributed by atoms with Crippen LogP contribution in [0.1, 0.15) is 48.2 Å². The van der Waals surface area contributed by atoms with E-state index in [9.17, 15) is 4.79 Å². The van der Waals surface area contributed by atoms with E-state index in [0.717, 1.165) is 48.1 Å². The molecule has 0 unspecified atom stereocenters. The van der Waals surface area contributed by atoms with E-state index in [1.54, 1.807) is 36.3 Å². The fourth-order valence-electron chi connectivity index (χ4n) is 4.90. The molecule has 190 valence electrons. The molecule has 37 heavy (non-hydrogen) atoms. The van der Waals surface area contributed by atoms with Crippen molar-refractivity contribution in [1.29, 1.82) is 0 Å². The van der Waals surface area contributed by atoms with Crippen LogP contribution in [0.2, 0.25) is 10.0 Å². The van der Waals surface area contributed by atoms with Crippen LogP contribution in [0, 0.1) is 0 Å². The number of pyridine rings is 1. The summed E-state index contributed by atoms with van der Waals surface area (Å²) in [5.74, 6) is -0.197. The van der Waals surface area contributed by atoms with E-state index in [1.165, 1.54) is 6.42 Å². The van der Waals surface area contributed by atoms with Crippen molar-refractivity contribution < 1.29 is 9.53 Å². The Bertz CT molecular complexity index is 1380. The molecule has 1 fully saturated rings. The first-order valence-electron chi connectivity index (χ1n) is 12.4. The molecule has 0 radical (unpaired) electrons. The van der Waals surface area contributed by atoms with Crippen LogP contribution in [-0.2, 0) is 11.3 Å². The van der Waals surface area contributed by atoms with E-state index >= 15 is 0 Å². The number of rotatable bonds is 7. The molecule has 5 rings (SSSR count). The molecule has 6 nitrogen and oxygen atoms in total. The van der Waals surface area contributed by atoms with Gasteiger partial charge in [-0.3, -0.25) is 9.78 Å². The number of nitrogens with zero attached hydrogens (tertiary/aromatic N) is 3. The van der Waals surface area contributed by atoms with Gasteiger partial charge in [0.25, 0.3) is 5.91 Å². The van der Waals surface area contributed by atoms with Crippen molar-refractivity contribution in [2.75, 3.05) is 7.11 Å². The van der Waals surface area contributed by atoms with Crippen molar-refractivity contribution >= 4 is 29.1 Å². The van der Waals surface area contributed by atoms with E-state index < -0.39 is 0 Å². The van der Waals surface area contributed by atoms with Crippen LogP contribution >= 0.6 is 23.2 Å². The summed E-state index contributed by atoms with van der Waals surface area (Å²) in [7, 11) is 1.62. The zero-order valence-electron chi connectivity index (χ0n) is 20.6. The number of hydrogen-bond donors (Lipinski definition) is 1. The van der Waals surface area contributed by atoms with Gasteiger partial charge in [-0.15, -0.1) is 0 Å². The second-order valence-electron chi connectivity index (χ2n) is 9.24. The highest BCUT2D eigenvalue weighted by Gasteiger charge is 2.27. The Labute approximate surface area is 226 Å². The van der Waals surface area contributed by atoms with E-state index in [2.05, 4.69) is 10.3 Å². The molecule has 0 spiro atoms. The lowest BCUT2D eigenvalue weighted by Gasteiger charge is -2.22. The molecule has 1 aliphatic carbocycles. The molecule has 2 aromatic heterocycles. The number of hydrogen-bond acceptors (Lipinski definition) is 4. The predicted molar refractivity (Wildman–Crippen MR) is 147 cm³/mol. The first-order valence-corrected chi connectivity index (χ1v) is 13.2. The van der Waals surface area contributed by atoms with E-state index in [0.29, 0.717) is 27.0 Å². The second kappa shape index (κ2) is 11.5. The van der Waals surface area contributed by atoms with Crippen molar-refractivity contribution in [2.24, 2.45) is 0 Å². The van der Waals surface area contributed by atoms with Crippen molar-refractivity contribution in [2.45, 2.75) is 44.8 Å². The maximum absolute atomic E-state index is 13.5.